The fraction of sp³-hybridized carbons (Fsp3) is 0.529. The van der Waals surface area contributed by atoms with Gasteiger partial charge in [-0.1, -0.05) is 56.7 Å². The Bertz CT molecular complexity index is 415. The molecular formula is C17H25NO. The molecular weight excluding hydrogens is 234 g/mol. The summed E-state index contributed by atoms with van der Waals surface area (Å²) in [6, 6.07) is 10.2. The van der Waals surface area contributed by atoms with Crippen LogP contribution in [-0.2, 0) is 0 Å². The highest BCUT2D eigenvalue weighted by molar-refractivity contribution is 5.64. The standard InChI is InChI=1S/C17H25NO/c1-14-7-6-10-17(11-14,13-19)18-12-15(2)16-8-4-3-5-9-16/h3-5,8-9,14,18-19H,2,6-7,10-13H2,1H3. The van der Waals surface area contributed by atoms with Crippen LogP contribution in [0.4, 0.5) is 0 Å². The SMILES string of the molecule is C=C(CNC1(CO)CCCC(C)C1)c1ccccc1. The molecule has 1 aliphatic carbocycles. The van der Waals surface area contributed by atoms with Gasteiger partial charge in [0.2, 0.25) is 0 Å². The van der Waals surface area contributed by atoms with Gasteiger partial charge in [0.25, 0.3) is 0 Å². The number of aliphatic hydroxyl groups is 1. The average molecular weight is 259 g/mol. The lowest BCUT2D eigenvalue weighted by Crippen LogP contribution is -2.51. The van der Waals surface area contributed by atoms with Crippen LogP contribution in [0.1, 0.15) is 38.2 Å². The maximum atomic E-state index is 9.75. The Balaban J connectivity index is 1.95. The Morgan fingerprint density at radius 3 is 2.79 bits per heavy atom. The molecule has 104 valence electrons. The third-order valence-electron chi connectivity index (χ3n) is 4.25. The molecule has 1 aromatic carbocycles. The zero-order valence-electron chi connectivity index (χ0n) is 11.9. The Morgan fingerprint density at radius 2 is 2.16 bits per heavy atom. The first kappa shape index (κ1) is 14.3. The van der Waals surface area contributed by atoms with Crippen molar-refractivity contribution in [2.45, 2.75) is 38.1 Å². The minimum absolute atomic E-state index is 0.102. The van der Waals surface area contributed by atoms with Crippen LogP contribution < -0.4 is 5.32 Å². The van der Waals surface area contributed by atoms with E-state index < -0.39 is 0 Å². The zero-order chi connectivity index (χ0) is 13.7. The normalized spacial score (nSPS) is 27.2. The molecule has 1 fully saturated rings. The van der Waals surface area contributed by atoms with Gasteiger partial charge in [-0.05, 0) is 29.9 Å². The molecule has 0 heterocycles. The quantitative estimate of drug-likeness (QED) is 0.851. The monoisotopic (exact) mass is 259 g/mol. The van der Waals surface area contributed by atoms with Crippen molar-refractivity contribution in [3.63, 3.8) is 0 Å². The van der Waals surface area contributed by atoms with E-state index in [9.17, 15) is 5.11 Å². The van der Waals surface area contributed by atoms with E-state index in [1.54, 1.807) is 0 Å². The maximum absolute atomic E-state index is 9.75. The molecule has 2 nitrogen and oxygen atoms in total. The van der Waals surface area contributed by atoms with Gasteiger partial charge in [-0.25, -0.2) is 0 Å². The summed E-state index contributed by atoms with van der Waals surface area (Å²) in [6.07, 6.45) is 4.61. The lowest BCUT2D eigenvalue weighted by atomic mass is 9.76. The maximum Gasteiger partial charge on any atom is 0.0613 e. The summed E-state index contributed by atoms with van der Waals surface area (Å²) in [5, 5.41) is 13.3. The molecule has 19 heavy (non-hydrogen) atoms. The van der Waals surface area contributed by atoms with Crippen LogP contribution in [0.15, 0.2) is 36.9 Å². The Kier molecular flexibility index (Phi) is 4.78. The summed E-state index contributed by atoms with van der Waals surface area (Å²) in [5.74, 6) is 0.693. The second-order valence-electron chi connectivity index (χ2n) is 5.96. The summed E-state index contributed by atoms with van der Waals surface area (Å²) in [4.78, 5) is 0. The van der Waals surface area contributed by atoms with E-state index >= 15 is 0 Å². The van der Waals surface area contributed by atoms with E-state index in [4.69, 9.17) is 0 Å². The number of benzene rings is 1. The summed E-state index contributed by atoms with van der Waals surface area (Å²) in [7, 11) is 0. The molecule has 2 N–H and O–H groups in total. The van der Waals surface area contributed by atoms with Crippen molar-refractivity contribution in [2.24, 2.45) is 5.92 Å². The van der Waals surface area contributed by atoms with Crippen LogP contribution >= 0.6 is 0 Å². The largest absolute Gasteiger partial charge is 0.394 e. The van der Waals surface area contributed by atoms with E-state index in [-0.39, 0.29) is 12.1 Å². The van der Waals surface area contributed by atoms with Gasteiger partial charge in [0.15, 0.2) is 0 Å². The number of rotatable bonds is 5. The summed E-state index contributed by atoms with van der Waals surface area (Å²) in [5.41, 5.74) is 2.16. The van der Waals surface area contributed by atoms with Crippen molar-refractivity contribution in [3.05, 3.63) is 42.5 Å². The van der Waals surface area contributed by atoms with Crippen molar-refractivity contribution in [1.29, 1.82) is 0 Å². The lowest BCUT2D eigenvalue weighted by molar-refractivity contribution is 0.104. The van der Waals surface area contributed by atoms with Crippen LogP contribution in [0.25, 0.3) is 5.57 Å². The highest BCUT2D eigenvalue weighted by Gasteiger charge is 2.33. The van der Waals surface area contributed by atoms with Gasteiger partial charge in [0.1, 0.15) is 0 Å². The zero-order valence-corrected chi connectivity index (χ0v) is 11.9. The van der Waals surface area contributed by atoms with Gasteiger partial charge in [-0.2, -0.15) is 0 Å². The molecule has 1 aliphatic rings. The molecule has 0 saturated heterocycles. The Labute approximate surface area is 116 Å². The van der Waals surface area contributed by atoms with Gasteiger partial charge in [-0.3, -0.25) is 0 Å². The van der Waals surface area contributed by atoms with Crippen molar-refractivity contribution >= 4 is 5.57 Å². The predicted molar refractivity (Wildman–Crippen MR) is 80.9 cm³/mol. The van der Waals surface area contributed by atoms with Crippen LogP contribution in [0, 0.1) is 5.92 Å². The molecule has 0 radical (unpaired) electrons. The van der Waals surface area contributed by atoms with Gasteiger partial charge in [0, 0.05) is 12.1 Å². The Morgan fingerprint density at radius 1 is 1.42 bits per heavy atom. The minimum atomic E-state index is -0.102. The molecule has 0 spiro atoms. The highest BCUT2D eigenvalue weighted by Crippen LogP contribution is 2.32. The van der Waals surface area contributed by atoms with E-state index in [0.29, 0.717) is 5.92 Å². The smallest absolute Gasteiger partial charge is 0.0613 e. The van der Waals surface area contributed by atoms with Gasteiger partial charge in [-0.15, -0.1) is 0 Å². The predicted octanol–water partition coefficient (Wildman–Crippen LogP) is 3.23. The summed E-state index contributed by atoms with van der Waals surface area (Å²) >= 11 is 0. The van der Waals surface area contributed by atoms with E-state index in [0.717, 1.165) is 25.0 Å². The third-order valence-corrected chi connectivity index (χ3v) is 4.25. The molecule has 0 aliphatic heterocycles. The third kappa shape index (κ3) is 3.68. The molecule has 0 aromatic heterocycles. The first-order chi connectivity index (χ1) is 9.15. The van der Waals surface area contributed by atoms with E-state index in [1.165, 1.54) is 18.4 Å². The molecule has 1 saturated carbocycles. The molecule has 0 bridgehead atoms. The average Bonchev–Trinajstić information content (AvgIpc) is 2.46. The number of aliphatic hydroxyl groups excluding tert-OH is 1. The second kappa shape index (κ2) is 6.36. The topological polar surface area (TPSA) is 32.3 Å². The number of nitrogens with one attached hydrogen (secondary N) is 1. The fourth-order valence-electron chi connectivity index (χ4n) is 3.09. The van der Waals surface area contributed by atoms with Crippen LogP contribution in [0.5, 0.6) is 0 Å². The van der Waals surface area contributed by atoms with Crippen LogP contribution in [0.2, 0.25) is 0 Å². The van der Waals surface area contributed by atoms with Gasteiger partial charge < -0.3 is 10.4 Å². The van der Waals surface area contributed by atoms with Crippen molar-refractivity contribution in [1.82, 2.24) is 5.32 Å². The van der Waals surface area contributed by atoms with Crippen molar-refractivity contribution < 1.29 is 5.11 Å². The van der Waals surface area contributed by atoms with Gasteiger partial charge in [0.05, 0.1) is 6.61 Å². The molecule has 2 atom stereocenters. The number of hydrogen-bond donors (Lipinski definition) is 2. The molecule has 2 rings (SSSR count). The highest BCUT2D eigenvalue weighted by atomic mass is 16.3. The van der Waals surface area contributed by atoms with Crippen LogP contribution in [0.3, 0.4) is 0 Å². The molecule has 2 heteroatoms. The first-order valence-corrected chi connectivity index (χ1v) is 7.24. The van der Waals surface area contributed by atoms with E-state index in [1.807, 2.05) is 18.2 Å². The molecule has 0 amide bonds. The Hall–Kier alpha value is -1.12. The van der Waals surface area contributed by atoms with E-state index in [2.05, 4.69) is 31.0 Å². The lowest BCUT2D eigenvalue weighted by Gasteiger charge is -2.40. The molecule has 2 unspecified atom stereocenters. The molecule has 1 aromatic rings. The van der Waals surface area contributed by atoms with Gasteiger partial charge >= 0.3 is 0 Å². The van der Waals surface area contributed by atoms with Crippen LogP contribution in [-0.4, -0.2) is 23.8 Å². The minimum Gasteiger partial charge on any atom is -0.394 e. The van der Waals surface area contributed by atoms with Crippen molar-refractivity contribution in [3.8, 4) is 0 Å². The summed E-state index contributed by atoms with van der Waals surface area (Å²) < 4.78 is 0. The summed E-state index contributed by atoms with van der Waals surface area (Å²) in [6.45, 7) is 7.39. The number of hydrogen-bond acceptors (Lipinski definition) is 2. The second-order valence-corrected chi connectivity index (χ2v) is 5.96. The van der Waals surface area contributed by atoms with Crippen molar-refractivity contribution in [2.75, 3.05) is 13.2 Å². The fourth-order valence-corrected chi connectivity index (χ4v) is 3.09. The first-order valence-electron chi connectivity index (χ1n) is 7.24.